The molecule has 1 heterocycles. The standard InChI is InChI=1S/C23H31N3O2.C4H6O6/c1-25(16-23(24)28)14-20-3-2-4-22(13-20)21-7-5-18(6-8-21)15-26-11-9-19(17-27)10-12-26;5-1(3(7)8)2(6)4(9)10/h2-8,13,19,27H,9-12,14-17H2,1H3,(H2,24,28);1-2,5-6H,(H,7,8)(H,9,10). The van der Waals surface area contributed by atoms with Crippen molar-refractivity contribution in [3.8, 4) is 11.1 Å². The van der Waals surface area contributed by atoms with E-state index in [1.165, 1.54) is 16.7 Å². The van der Waals surface area contributed by atoms with Gasteiger partial charge in [-0.2, -0.15) is 0 Å². The summed E-state index contributed by atoms with van der Waals surface area (Å²) in [4.78, 5) is 35.0. The highest BCUT2D eigenvalue weighted by Crippen LogP contribution is 2.23. The maximum absolute atomic E-state index is 11.1. The first-order chi connectivity index (χ1) is 18.0. The number of amides is 1. The number of aliphatic hydroxyl groups excluding tert-OH is 3. The minimum absolute atomic E-state index is 0.258. The Balaban J connectivity index is 0.000000432. The van der Waals surface area contributed by atoms with E-state index >= 15 is 0 Å². The second kappa shape index (κ2) is 15.2. The van der Waals surface area contributed by atoms with Crippen LogP contribution in [0.2, 0.25) is 0 Å². The van der Waals surface area contributed by atoms with Crippen LogP contribution in [0.3, 0.4) is 0 Å². The van der Waals surface area contributed by atoms with Crippen LogP contribution in [0.5, 0.6) is 0 Å². The van der Waals surface area contributed by atoms with E-state index in [2.05, 4.69) is 53.4 Å². The minimum atomic E-state index is -2.27. The van der Waals surface area contributed by atoms with Crippen molar-refractivity contribution in [1.29, 1.82) is 0 Å². The van der Waals surface area contributed by atoms with Gasteiger partial charge in [-0.25, -0.2) is 9.59 Å². The third kappa shape index (κ3) is 10.2. The highest BCUT2D eigenvalue weighted by atomic mass is 16.4. The zero-order chi connectivity index (χ0) is 28.2. The number of piperidine rings is 1. The number of benzene rings is 2. The molecular formula is C27H37N3O8. The molecule has 11 nitrogen and oxygen atoms in total. The number of aliphatic carboxylic acids is 2. The zero-order valence-electron chi connectivity index (χ0n) is 21.4. The molecule has 0 spiro atoms. The molecule has 1 aliphatic rings. The van der Waals surface area contributed by atoms with Crippen molar-refractivity contribution in [1.82, 2.24) is 9.80 Å². The molecule has 0 radical (unpaired) electrons. The number of carbonyl (C=O) groups excluding carboxylic acids is 1. The molecule has 11 heteroatoms. The van der Waals surface area contributed by atoms with Crippen LogP contribution in [0.25, 0.3) is 11.1 Å². The van der Waals surface area contributed by atoms with Crippen LogP contribution in [0.15, 0.2) is 48.5 Å². The number of carbonyl (C=O) groups is 3. The van der Waals surface area contributed by atoms with Gasteiger partial charge in [-0.15, -0.1) is 0 Å². The molecule has 2 atom stereocenters. The van der Waals surface area contributed by atoms with E-state index in [0.29, 0.717) is 19.1 Å². The summed E-state index contributed by atoms with van der Waals surface area (Å²) < 4.78 is 0. The maximum atomic E-state index is 11.1. The highest BCUT2D eigenvalue weighted by Gasteiger charge is 2.29. The van der Waals surface area contributed by atoms with Crippen LogP contribution in [0, 0.1) is 5.92 Å². The van der Waals surface area contributed by atoms with Gasteiger partial charge in [-0.1, -0.05) is 42.5 Å². The van der Waals surface area contributed by atoms with E-state index < -0.39 is 24.1 Å². The average Bonchev–Trinajstić information content (AvgIpc) is 2.88. The maximum Gasteiger partial charge on any atom is 0.335 e. The van der Waals surface area contributed by atoms with Crippen LogP contribution in [0.1, 0.15) is 24.0 Å². The van der Waals surface area contributed by atoms with Gasteiger partial charge in [0.25, 0.3) is 0 Å². The van der Waals surface area contributed by atoms with E-state index in [-0.39, 0.29) is 12.5 Å². The van der Waals surface area contributed by atoms with Gasteiger partial charge in [0.2, 0.25) is 5.91 Å². The molecule has 7 N–H and O–H groups in total. The molecule has 2 aromatic rings. The van der Waals surface area contributed by atoms with Crippen molar-refractivity contribution >= 4 is 17.8 Å². The fourth-order valence-electron chi connectivity index (χ4n) is 4.14. The molecule has 3 rings (SSSR count). The minimum Gasteiger partial charge on any atom is -0.479 e. The molecule has 1 aliphatic heterocycles. The molecule has 0 aliphatic carbocycles. The number of hydrogen-bond acceptors (Lipinski definition) is 8. The summed E-state index contributed by atoms with van der Waals surface area (Å²) in [5.74, 6) is -3.37. The normalized spacial score (nSPS) is 15.8. The van der Waals surface area contributed by atoms with E-state index in [1.54, 1.807) is 0 Å². The summed E-state index contributed by atoms with van der Waals surface area (Å²) in [6.07, 6.45) is -2.35. The Morgan fingerprint density at radius 2 is 1.53 bits per heavy atom. The van der Waals surface area contributed by atoms with Crippen LogP contribution in [0.4, 0.5) is 0 Å². The summed E-state index contributed by atoms with van der Waals surface area (Å²) in [5.41, 5.74) is 10.1. The second-order valence-corrected chi connectivity index (χ2v) is 9.50. The molecule has 1 amide bonds. The number of carboxylic acids is 2. The second-order valence-electron chi connectivity index (χ2n) is 9.50. The van der Waals surface area contributed by atoms with Gasteiger partial charge < -0.3 is 31.3 Å². The van der Waals surface area contributed by atoms with Gasteiger partial charge in [0.05, 0.1) is 6.54 Å². The number of likely N-dealkylation sites (tertiary alicyclic amines) is 1. The van der Waals surface area contributed by atoms with Crippen LogP contribution in [-0.2, 0) is 27.5 Å². The zero-order valence-corrected chi connectivity index (χ0v) is 21.4. The number of aliphatic hydroxyl groups is 3. The lowest BCUT2D eigenvalue weighted by molar-refractivity contribution is -0.165. The molecule has 0 bridgehead atoms. The lowest BCUT2D eigenvalue weighted by Gasteiger charge is -2.31. The third-order valence-corrected chi connectivity index (χ3v) is 6.27. The lowest BCUT2D eigenvalue weighted by Crippen LogP contribution is -2.39. The Labute approximate surface area is 221 Å². The number of hydrogen-bond donors (Lipinski definition) is 6. The fraction of sp³-hybridized carbons (Fsp3) is 0.444. The van der Waals surface area contributed by atoms with Crippen LogP contribution < -0.4 is 5.73 Å². The van der Waals surface area contributed by atoms with Gasteiger partial charge >= 0.3 is 11.9 Å². The molecule has 2 aromatic carbocycles. The molecule has 0 saturated carbocycles. The monoisotopic (exact) mass is 531 g/mol. The van der Waals surface area contributed by atoms with Crippen molar-refractivity contribution in [2.45, 2.75) is 38.1 Å². The van der Waals surface area contributed by atoms with Gasteiger partial charge in [0.1, 0.15) is 0 Å². The Kier molecular flexibility index (Phi) is 12.3. The molecule has 1 fully saturated rings. The molecule has 1 saturated heterocycles. The van der Waals surface area contributed by atoms with Crippen LogP contribution >= 0.6 is 0 Å². The average molecular weight is 532 g/mol. The first kappa shape index (κ1) is 30.9. The number of nitrogens with zero attached hydrogens (tertiary/aromatic N) is 2. The largest absolute Gasteiger partial charge is 0.479 e. The quantitative estimate of drug-likeness (QED) is 0.236. The van der Waals surface area contributed by atoms with Crippen molar-refractivity contribution in [2.75, 3.05) is 33.3 Å². The first-order valence-electron chi connectivity index (χ1n) is 12.3. The fourth-order valence-corrected chi connectivity index (χ4v) is 4.14. The number of nitrogens with two attached hydrogens (primary N) is 1. The number of likely N-dealkylation sites (N-methyl/N-ethyl adjacent to an activating group) is 1. The van der Waals surface area contributed by atoms with E-state index in [4.69, 9.17) is 26.2 Å². The van der Waals surface area contributed by atoms with E-state index in [0.717, 1.165) is 38.0 Å². The summed E-state index contributed by atoms with van der Waals surface area (Å²) in [5, 5.41) is 41.8. The molecule has 2 unspecified atom stereocenters. The van der Waals surface area contributed by atoms with Crippen molar-refractivity contribution < 1.29 is 39.9 Å². The van der Waals surface area contributed by atoms with Crippen molar-refractivity contribution in [3.05, 3.63) is 59.7 Å². The van der Waals surface area contributed by atoms with Gasteiger partial charge in [0, 0.05) is 19.7 Å². The third-order valence-electron chi connectivity index (χ3n) is 6.27. The summed E-state index contributed by atoms with van der Waals surface area (Å²) >= 11 is 0. The molecule has 38 heavy (non-hydrogen) atoms. The number of rotatable bonds is 11. The highest BCUT2D eigenvalue weighted by molar-refractivity contribution is 5.83. The lowest BCUT2D eigenvalue weighted by atomic mass is 9.97. The number of carboxylic acid groups (broad SMARTS) is 2. The van der Waals surface area contributed by atoms with Gasteiger partial charge in [0.15, 0.2) is 12.2 Å². The summed E-state index contributed by atoms with van der Waals surface area (Å²) in [7, 11) is 1.90. The van der Waals surface area contributed by atoms with Crippen LogP contribution in [-0.4, -0.2) is 98.7 Å². The molecular weight excluding hydrogens is 494 g/mol. The van der Waals surface area contributed by atoms with E-state index in [9.17, 15) is 19.5 Å². The first-order valence-corrected chi connectivity index (χ1v) is 12.3. The summed E-state index contributed by atoms with van der Waals surface area (Å²) in [6.45, 7) is 4.37. The SMILES string of the molecule is CN(CC(N)=O)Cc1cccc(-c2ccc(CN3CCC(CO)CC3)cc2)c1.O=C(O)C(O)C(O)C(=O)O. The Morgan fingerprint density at radius 1 is 0.947 bits per heavy atom. The Hall–Kier alpha value is -3.35. The van der Waals surface area contributed by atoms with Crippen molar-refractivity contribution in [2.24, 2.45) is 11.7 Å². The number of primary amides is 1. The predicted molar refractivity (Wildman–Crippen MR) is 140 cm³/mol. The molecule has 208 valence electrons. The van der Waals surface area contributed by atoms with E-state index in [1.807, 2.05) is 11.9 Å². The predicted octanol–water partition coefficient (Wildman–Crippen LogP) is 0.352. The summed E-state index contributed by atoms with van der Waals surface area (Å²) in [6, 6.07) is 17.2. The molecule has 0 aromatic heterocycles. The Bertz CT molecular complexity index is 1040. The van der Waals surface area contributed by atoms with Gasteiger partial charge in [-0.05, 0) is 67.2 Å². The Morgan fingerprint density at radius 3 is 2.03 bits per heavy atom. The van der Waals surface area contributed by atoms with Gasteiger partial charge in [-0.3, -0.25) is 14.6 Å². The smallest absolute Gasteiger partial charge is 0.335 e. The topological polar surface area (TPSA) is 185 Å². The van der Waals surface area contributed by atoms with Crippen molar-refractivity contribution in [3.63, 3.8) is 0 Å².